The fourth-order valence-corrected chi connectivity index (χ4v) is 5.67. The maximum atomic E-state index is 13.5. The molecule has 144 valence electrons. The number of hydrogen-bond acceptors (Lipinski definition) is 2. The lowest BCUT2D eigenvalue weighted by molar-refractivity contribution is 0.396. The molecule has 28 heavy (non-hydrogen) atoms. The molecule has 1 aliphatic rings. The monoisotopic (exact) mass is 411 g/mol. The van der Waals surface area contributed by atoms with Crippen molar-refractivity contribution in [2.75, 3.05) is 6.54 Å². The third-order valence-corrected chi connectivity index (χ3v) is 7.55. The number of halogens is 1. The number of benzene rings is 3. The van der Waals surface area contributed by atoms with E-state index in [1.165, 1.54) is 5.56 Å². The van der Waals surface area contributed by atoms with Crippen LogP contribution in [0.1, 0.15) is 35.1 Å². The summed E-state index contributed by atoms with van der Waals surface area (Å²) in [4.78, 5) is 0.339. The Morgan fingerprint density at radius 2 is 1.50 bits per heavy atom. The fourth-order valence-electron chi connectivity index (χ4n) is 3.87. The molecule has 0 radical (unpaired) electrons. The second-order valence-electron chi connectivity index (χ2n) is 7.30. The third-order valence-electron chi connectivity index (χ3n) is 5.41. The molecule has 0 saturated carbocycles. The van der Waals surface area contributed by atoms with Crippen LogP contribution >= 0.6 is 11.6 Å². The fraction of sp³-hybridized carbons (Fsp3) is 0.217. The molecule has 4 rings (SSSR count). The van der Waals surface area contributed by atoms with Crippen molar-refractivity contribution in [3.05, 3.63) is 101 Å². The molecule has 1 aliphatic heterocycles. The second kappa shape index (κ2) is 7.70. The summed E-state index contributed by atoms with van der Waals surface area (Å²) in [6.07, 6.45) is 0.747. The number of rotatable bonds is 4. The summed E-state index contributed by atoms with van der Waals surface area (Å²) < 4.78 is 28.6. The van der Waals surface area contributed by atoms with Gasteiger partial charge < -0.3 is 0 Å². The molecule has 1 heterocycles. The van der Waals surface area contributed by atoms with Crippen molar-refractivity contribution in [3.63, 3.8) is 0 Å². The molecule has 0 aliphatic carbocycles. The number of aryl methyl sites for hydroxylation is 1. The quantitative estimate of drug-likeness (QED) is 0.563. The average Bonchev–Trinajstić information content (AvgIpc) is 3.16. The normalized spacial score (nSPS) is 20.4. The van der Waals surface area contributed by atoms with Crippen molar-refractivity contribution >= 4 is 21.6 Å². The SMILES string of the molecule is Cc1ccc(S(=O)(=O)N2CC(c3ccccc3)C[C@H]2c2ccc(Cl)cc2)cc1. The van der Waals surface area contributed by atoms with Crippen molar-refractivity contribution in [1.29, 1.82) is 0 Å². The highest BCUT2D eigenvalue weighted by Gasteiger charge is 2.41. The Kier molecular flexibility index (Phi) is 5.28. The van der Waals surface area contributed by atoms with Gasteiger partial charge in [0.25, 0.3) is 0 Å². The molecule has 0 N–H and O–H groups in total. The minimum Gasteiger partial charge on any atom is -0.207 e. The van der Waals surface area contributed by atoms with Gasteiger partial charge in [0.15, 0.2) is 0 Å². The molecule has 2 atom stereocenters. The first-order valence-corrected chi connectivity index (χ1v) is 11.2. The Balaban J connectivity index is 1.74. The van der Waals surface area contributed by atoms with Crippen molar-refractivity contribution in [3.8, 4) is 0 Å². The first kappa shape index (κ1) is 19.2. The predicted octanol–water partition coefficient (Wildman–Crippen LogP) is 5.57. The highest BCUT2D eigenvalue weighted by atomic mass is 35.5. The van der Waals surface area contributed by atoms with E-state index in [0.29, 0.717) is 16.5 Å². The van der Waals surface area contributed by atoms with Crippen molar-refractivity contribution in [2.24, 2.45) is 0 Å². The van der Waals surface area contributed by atoms with Crippen LogP contribution in [0.4, 0.5) is 0 Å². The number of hydrogen-bond donors (Lipinski definition) is 0. The van der Waals surface area contributed by atoms with Gasteiger partial charge in [0.1, 0.15) is 0 Å². The van der Waals surface area contributed by atoms with Gasteiger partial charge in [-0.3, -0.25) is 0 Å². The molecule has 1 fully saturated rings. The topological polar surface area (TPSA) is 37.4 Å². The van der Waals surface area contributed by atoms with Gasteiger partial charge in [0.2, 0.25) is 10.0 Å². The Morgan fingerprint density at radius 1 is 0.857 bits per heavy atom. The average molecular weight is 412 g/mol. The molecule has 3 aromatic rings. The van der Waals surface area contributed by atoms with Gasteiger partial charge in [0.05, 0.1) is 10.9 Å². The van der Waals surface area contributed by atoms with E-state index >= 15 is 0 Å². The van der Waals surface area contributed by atoms with Crippen LogP contribution in [0, 0.1) is 6.92 Å². The lowest BCUT2D eigenvalue weighted by atomic mass is 9.94. The maximum absolute atomic E-state index is 13.5. The van der Waals surface area contributed by atoms with Gasteiger partial charge in [-0.2, -0.15) is 4.31 Å². The van der Waals surface area contributed by atoms with E-state index in [2.05, 4.69) is 12.1 Å². The lowest BCUT2D eigenvalue weighted by Gasteiger charge is -2.24. The second-order valence-corrected chi connectivity index (χ2v) is 9.63. The van der Waals surface area contributed by atoms with Crippen LogP contribution in [0.15, 0.2) is 83.8 Å². The van der Waals surface area contributed by atoms with Gasteiger partial charge in [-0.15, -0.1) is 0 Å². The molecule has 5 heteroatoms. The summed E-state index contributed by atoms with van der Waals surface area (Å²) in [7, 11) is -3.60. The Labute approximate surface area is 171 Å². The Morgan fingerprint density at radius 3 is 2.14 bits per heavy atom. The zero-order valence-corrected chi connectivity index (χ0v) is 17.2. The van der Waals surface area contributed by atoms with Crippen molar-refractivity contribution in [1.82, 2.24) is 4.31 Å². The molecule has 3 aromatic carbocycles. The van der Waals surface area contributed by atoms with Crippen LogP contribution in [-0.2, 0) is 10.0 Å². The van der Waals surface area contributed by atoms with E-state index in [-0.39, 0.29) is 12.0 Å². The summed E-state index contributed by atoms with van der Waals surface area (Å²) >= 11 is 6.05. The summed E-state index contributed by atoms with van der Waals surface area (Å²) in [5.74, 6) is 0.155. The van der Waals surface area contributed by atoms with E-state index in [4.69, 9.17) is 11.6 Å². The molecule has 0 spiro atoms. The van der Waals surface area contributed by atoms with Crippen LogP contribution in [0.2, 0.25) is 5.02 Å². The molecule has 1 saturated heterocycles. The molecular formula is C23H22ClNO2S. The third kappa shape index (κ3) is 3.72. The van der Waals surface area contributed by atoms with Gasteiger partial charge in [-0.25, -0.2) is 8.42 Å². The molecule has 0 bridgehead atoms. The summed E-state index contributed by atoms with van der Waals surface area (Å²) in [6, 6.07) is 24.5. The van der Waals surface area contributed by atoms with E-state index in [1.54, 1.807) is 16.4 Å². The van der Waals surface area contributed by atoms with E-state index in [1.807, 2.05) is 61.5 Å². The Hall–Kier alpha value is -2.14. The molecule has 3 nitrogen and oxygen atoms in total. The smallest absolute Gasteiger partial charge is 0.207 e. The van der Waals surface area contributed by atoms with Crippen LogP contribution in [0.3, 0.4) is 0 Å². The van der Waals surface area contributed by atoms with Crippen LogP contribution in [0.5, 0.6) is 0 Å². The summed E-state index contributed by atoms with van der Waals surface area (Å²) in [5, 5.41) is 0.647. The molecular weight excluding hydrogens is 390 g/mol. The van der Waals surface area contributed by atoms with Gasteiger partial charge in [0, 0.05) is 11.6 Å². The van der Waals surface area contributed by atoms with Gasteiger partial charge in [-0.1, -0.05) is 71.8 Å². The van der Waals surface area contributed by atoms with E-state index in [0.717, 1.165) is 17.5 Å². The highest BCUT2D eigenvalue weighted by Crippen LogP contribution is 2.43. The van der Waals surface area contributed by atoms with E-state index < -0.39 is 10.0 Å². The zero-order chi connectivity index (χ0) is 19.7. The number of sulfonamides is 1. The summed E-state index contributed by atoms with van der Waals surface area (Å²) in [6.45, 7) is 2.42. The highest BCUT2D eigenvalue weighted by molar-refractivity contribution is 7.89. The Bertz CT molecular complexity index is 1050. The lowest BCUT2D eigenvalue weighted by Crippen LogP contribution is -2.31. The predicted molar refractivity (Wildman–Crippen MR) is 113 cm³/mol. The van der Waals surface area contributed by atoms with Gasteiger partial charge in [-0.05, 0) is 54.7 Å². The maximum Gasteiger partial charge on any atom is 0.243 e. The van der Waals surface area contributed by atoms with Crippen molar-refractivity contribution in [2.45, 2.75) is 30.2 Å². The molecule has 1 unspecified atom stereocenters. The van der Waals surface area contributed by atoms with Gasteiger partial charge >= 0.3 is 0 Å². The standard InChI is InChI=1S/C23H22ClNO2S/c1-17-7-13-22(14-8-17)28(26,27)25-16-20(18-5-3-2-4-6-18)15-23(25)19-9-11-21(24)12-10-19/h2-14,20,23H,15-16H2,1H3/t20?,23-/m0/s1. The van der Waals surface area contributed by atoms with Crippen LogP contribution in [0.25, 0.3) is 0 Å². The minimum atomic E-state index is -3.60. The summed E-state index contributed by atoms with van der Waals surface area (Å²) in [5.41, 5.74) is 3.18. The molecule has 0 amide bonds. The largest absolute Gasteiger partial charge is 0.243 e. The molecule has 0 aromatic heterocycles. The minimum absolute atomic E-state index is 0.155. The van der Waals surface area contributed by atoms with Crippen LogP contribution in [-0.4, -0.2) is 19.3 Å². The van der Waals surface area contributed by atoms with Crippen molar-refractivity contribution < 1.29 is 8.42 Å². The zero-order valence-electron chi connectivity index (χ0n) is 15.6. The first-order valence-electron chi connectivity index (χ1n) is 9.34. The first-order chi connectivity index (χ1) is 13.4. The van der Waals surface area contributed by atoms with Crippen LogP contribution < -0.4 is 0 Å². The number of nitrogens with zero attached hydrogens (tertiary/aromatic N) is 1. The van der Waals surface area contributed by atoms with E-state index in [9.17, 15) is 8.42 Å².